The standard InChI is InChI=1S/C18H15ClN4O2.C18H12ClN3O2/c19-18-22-9-8-16(23-18)25-15-3-1-2-14(10-15)24-11-12-4-6-13(7-5-12)17(20)21;19-18-21-9-8-17(22-18)24-16-3-1-2-15(10-16)23-12-14-6-4-13(11-20)5-7-14/h1-10H,11H2,(H3,20,21);1-10H,12H2. The Morgan fingerprint density at radius 2 is 1.10 bits per heavy atom. The number of hydrogen-bond donors (Lipinski definition) is 2. The summed E-state index contributed by atoms with van der Waals surface area (Å²) in [6.07, 6.45) is 3.05. The fraction of sp³-hybridized carbons (Fsp3) is 0.0556. The Labute approximate surface area is 292 Å². The molecule has 13 heteroatoms. The molecule has 0 radical (unpaired) electrons. The van der Waals surface area contributed by atoms with E-state index in [0.717, 1.165) is 11.1 Å². The zero-order valence-electron chi connectivity index (χ0n) is 25.7. The number of ether oxygens (including phenoxy) is 4. The van der Waals surface area contributed by atoms with Gasteiger partial charge in [-0.2, -0.15) is 15.2 Å². The highest BCUT2D eigenvalue weighted by molar-refractivity contribution is 6.28. The van der Waals surface area contributed by atoms with Crippen LogP contribution in [-0.2, 0) is 13.2 Å². The van der Waals surface area contributed by atoms with Crippen molar-refractivity contribution in [2.45, 2.75) is 13.2 Å². The highest BCUT2D eigenvalue weighted by atomic mass is 35.5. The summed E-state index contributed by atoms with van der Waals surface area (Å²) in [5, 5.41) is 16.4. The number of nitrogens with one attached hydrogen (secondary N) is 1. The molecule has 0 aliphatic carbocycles. The van der Waals surface area contributed by atoms with Crippen LogP contribution in [0.5, 0.6) is 34.8 Å². The summed E-state index contributed by atoms with van der Waals surface area (Å²) in [7, 11) is 0. The molecule has 11 nitrogen and oxygen atoms in total. The molecule has 4 aromatic carbocycles. The van der Waals surface area contributed by atoms with E-state index in [1.54, 1.807) is 60.7 Å². The van der Waals surface area contributed by atoms with Gasteiger partial charge >= 0.3 is 0 Å². The molecule has 0 saturated carbocycles. The second-order valence-corrected chi connectivity index (χ2v) is 10.7. The maximum absolute atomic E-state index is 8.79. The Balaban J connectivity index is 0.000000191. The second-order valence-electron chi connectivity index (χ2n) is 9.98. The molecule has 0 saturated heterocycles. The van der Waals surface area contributed by atoms with Gasteiger partial charge < -0.3 is 24.7 Å². The van der Waals surface area contributed by atoms with E-state index in [-0.39, 0.29) is 16.4 Å². The first-order chi connectivity index (χ1) is 23.8. The molecule has 3 N–H and O–H groups in total. The number of nitrogens with zero attached hydrogens (tertiary/aromatic N) is 5. The van der Waals surface area contributed by atoms with Crippen LogP contribution in [0.1, 0.15) is 22.3 Å². The van der Waals surface area contributed by atoms with Crippen LogP contribution in [0.2, 0.25) is 10.6 Å². The van der Waals surface area contributed by atoms with Crippen LogP contribution in [-0.4, -0.2) is 25.8 Å². The fourth-order valence-corrected chi connectivity index (χ4v) is 4.32. The minimum Gasteiger partial charge on any atom is -0.489 e. The third kappa shape index (κ3) is 10.9. The van der Waals surface area contributed by atoms with Gasteiger partial charge in [-0.25, -0.2) is 9.97 Å². The Hall–Kier alpha value is -6.22. The third-order valence-electron chi connectivity index (χ3n) is 6.42. The lowest BCUT2D eigenvalue weighted by molar-refractivity contribution is 0.304. The van der Waals surface area contributed by atoms with E-state index in [2.05, 4.69) is 26.0 Å². The zero-order valence-corrected chi connectivity index (χ0v) is 27.2. The molecule has 0 fully saturated rings. The van der Waals surface area contributed by atoms with Crippen LogP contribution < -0.4 is 24.7 Å². The molecule has 49 heavy (non-hydrogen) atoms. The lowest BCUT2D eigenvalue weighted by atomic mass is 10.1. The summed E-state index contributed by atoms with van der Waals surface area (Å²) in [4.78, 5) is 15.6. The predicted octanol–water partition coefficient (Wildman–Crippen LogP) is 8.16. The molecule has 0 aliphatic rings. The van der Waals surface area contributed by atoms with Gasteiger partial charge in [0.1, 0.15) is 42.0 Å². The van der Waals surface area contributed by atoms with Crippen molar-refractivity contribution in [3.05, 3.63) is 154 Å². The van der Waals surface area contributed by atoms with Gasteiger partial charge in [0, 0.05) is 42.2 Å². The molecular weight excluding hydrogens is 665 g/mol. The number of aromatic nitrogens is 4. The molecule has 0 unspecified atom stereocenters. The first-order valence-electron chi connectivity index (χ1n) is 14.5. The SMILES string of the molecule is N#Cc1ccc(COc2cccc(Oc3ccnc(Cl)n3)c2)cc1.N=C(N)c1ccc(COc2cccc(Oc3ccnc(Cl)n3)c2)cc1. The van der Waals surface area contributed by atoms with Gasteiger partial charge in [-0.05, 0) is 70.7 Å². The van der Waals surface area contributed by atoms with Gasteiger partial charge in [0.25, 0.3) is 0 Å². The van der Waals surface area contributed by atoms with Crippen molar-refractivity contribution in [1.29, 1.82) is 10.7 Å². The maximum Gasteiger partial charge on any atom is 0.225 e. The molecule has 2 aromatic heterocycles. The molecule has 6 rings (SSSR count). The van der Waals surface area contributed by atoms with Crippen LogP contribution in [0.3, 0.4) is 0 Å². The lowest BCUT2D eigenvalue weighted by Crippen LogP contribution is -2.10. The van der Waals surface area contributed by atoms with Gasteiger partial charge in [-0.3, -0.25) is 5.41 Å². The minimum atomic E-state index is 0.0437. The van der Waals surface area contributed by atoms with E-state index in [9.17, 15) is 0 Å². The van der Waals surface area contributed by atoms with Gasteiger partial charge in [0.2, 0.25) is 22.3 Å². The number of nitriles is 1. The fourth-order valence-electron chi connectivity index (χ4n) is 4.04. The monoisotopic (exact) mass is 691 g/mol. The number of benzene rings is 4. The van der Waals surface area contributed by atoms with Crippen LogP contribution in [0.4, 0.5) is 0 Å². The number of rotatable bonds is 11. The van der Waals surface area contributed by atoms with Crippen LogP contribution in [0.15, 0.2) is 122 Å². The second kappa shape index (κ2) is 17.1. The number of hydrogen-bond acceptors (Lipinski definition) is 10. The van der Waals surface area contributed by atoms with Gasteiger partial charge in [0.15, 0.2) is 0 Å². The number of nitrogen functional groups attached to an aromatic ring is 1. The van der Waals surface area contributed by atoms with E-state index in [1.807, 2.05) is 48.5 Å². The van der Waals surface area contributed by atoms with Crippen molar-refractivity contribution < 1.29 is 18.9 Å². The van der Waals surface area contributed by atoms with E-state index >= 15 is 0 Å². The first-order valence-corrected chi connectivity index (χ1v) is 15.3. The molecular formula is C36H27Cl2N7O4. The number of halogens is 2. The average Bonchev–Trinajstić information content (AvgIpc) is 3.11. The first kappa shape index (κ1) is 34.1. The largest absolute Gasteiger partial charge is 0.489 e. The Bertz CT molecular complexity index is 2060. The Morgan fingerprint density at radius 3 is 1.53 bits per heavy atom. The summed E-state index contributed by atoms with van der Waals surface area (Å²) in [5.41, 5.74) is 8.69. The van der Waals surface area contributed by atoms with E-state index in [4.69, 9.17) is 58.6 Å². The van der Waals surface area contributed by atoms with Crippen molar-refractivity contribution in [2.75, 3.05) is 0 Å². The molecule has 0 amide bonds. The highest BCUT2D eigenvalue weighted by Gasteiger charge is 2.05. The Kier molecular flexibility index (Phi) is 11.9. The molecule has 0 spiro atoms. The van der Waals surface area contributed by atoms with Crippen LogP contribution in [0.25, 0.3) is 0 Å². The quantitative estimate of drug-likeness (QED) is 0.0770. The maximum atomic E-state index is 8.79. The number of nitrogens with two attached hydrogens (primary N) is 1. The average molecular weight is 693 g/mol. The van der Waals surface area contributed by atoms with E-state index < -0.39 is 0 Å². The van der Waals surface area contributed by atoms with Crippen molar-refractivity contribution >= 4 is 29.0 Å². The molecule has 2 heterocycles. The molecule has 0 aliphatic heterocycles. The summed E-state index contributed by atoms with van der Waals surface area (Å²) < 4.78 is 22.8. The minimum absolute atomic E-state index is 0.0437. The molecule has 0 bridgehead atoms. The van der Waals surface area contributed by atoms with E-state index in [0.29, 0.717) is 59.1 Å². The van der Waals surface area contributed by atoms with Crippen molar-refractivity contribution in [2.24, 2.45) is 5.73 Å². The summed E-state index contributed by atoms with van der Waals surface area (Å²) in [6.45, 7) is 0.787. The summed E-state index contributed by atoms with van der Waals surface area (Å²) in [5.74, 6) is 3.25. The van der Waals surface area contributed by atoms with Gasteiger partial charge in [0.05, 0.1) is 11.6 Å². The molecule has 0 atom stereocenters. The lowest BCUT2D eigenvalue weighted by Gasteiger charge is -2.09. The highest BCUT2D eigenvalue weighted by Crippen LogP contribution is 2.26. The van der Waals surface area contributed by atoms with E-state index in [1.165, 1.54) is 12.4 Å². The number of amidine groups is 1. The summed E-state index contributed by atoms with van der Waals surface area (Å²) in [6, 6.07) is 34.4. The molecule has 244 valence electrons. The Morgan fingerprint density at radius 1 is 0.653 bits per heavy atom. The van der Waals surface area contributed by atoms with Crippen molar-refractivity contribution in [1.82, 2.24) is 19.9 Å². The smallest absolute Gasteiger partial charge is 0.225 e. The molecule has 6 aromatic rings. The van der Waals surface area contributed by atoms with Crippen molar-refractivity contribution in [3.63, 3.8) is 0 Å². The van der Waals surface area contributed by atoms with Crippen LogP contribution in [0, 0.1) is 16.7 Å². The summed E-state index contributed by atoms with van der Waals surface area (Å²) >= 11 is 11.5. The van der Waals surface area contributed by atoms with Crippen molar-refractivity contribution in [3.8, 4) is 40.8 Å². The predicted molar refractivity (Wildman–Crippen MR) is 184 cm³/mol. The van der Waals surface area contributed by atoms with Gasteiger partial charge in [-0.1, -0.05) is 48.5 Å². The zero-order chi connectivity index (χ0) is 34.4. The van der Waals surface area contributed by atoms with Gasteiger partial charge in [-0.15, -0.1) is 0 Å². The van der Waals surface area contributed by atoms with Crippen LogP contribution >= 0.6 is 23.2 Å². The topological polar surface area (TPSA) is 162 Å². The normalized spacial score (nSPS) is 10.1. The third-order valence-corrected chi connectivity index (χ3v) is 6.78.